The van der Waals surface area contributed by atoms with Gasteiger partial charge in [-0.1, -0.05) is 36.6 Å². The zero-order chi connectivity index (χ0) is 10.7. The lowest BCUT2D eigenvalue weighted by Crippen LogP contribution is -2.28. The molecule has 82 valence electrons. The fraction of sp³-hybridized carbons (Fsp3) is 0.500. The van der Waals surface area contributed by atoms with Gasteiger partial charge in [0, 0.05) is 11.1 Å². The molecule has 1 unspecified atom stereocenters. The first kappa shape index (κ1) is 10.9. The van der Waals surface area contributed by atoms with Crippen LogP contribution in [0.15, 0.2) is 24.3 Å². The van der Waals surface area contributed by atoms with Crippen molar-refractivity contribution in [2.75, 3.05) is 0 Å². The van der Waals surface area contributed by atoms with E-state index in [1.165, 1.54) is 24.8 Å². The van der Waals surface area contributed by atoms with Gasteiger partial charge in [-0.2, -0.15) is 0 Å². The van der Waals surface area contributed by atoms with E-state index in [2.05, 4.69) is 11.5 Å². The van der Waals surface area contributed by atoms with E-state index in [4.69, 9.17) is 17.4 Å². The van der Waals surface area contributed by atoms with Crippen LogP contribution in [0, 0.1) is 5.92 Å². The van der Waals surface area contributed by atoms with Gasteiger partial charge in [-0.15, -0.1) is 0 Å². The number of hydrogen-bond donors (Lipinski definition) is 2. The molecule has 0 aliphatic heterocycles. The minimum Gasteiger partial charge on any atom is -0.271 e. The number of halogens is 1. The second-order valence-electron chi connectivity index (χ2n) is 4.29. The highest BCUT2D eigenvalue weighted by Crippen LogP contribution is 2.35. The molecule has 1 aromatic rings. The Morgan fingerprint density at radius 3 is 2.87 bits per heavy atom. The molecule has 0 radical (unpaired) electrons. The Kier molecular flexibility index (Phi) is 3.62. The predicted octanol–water partition coefficient (Wildman–Crippen LogP) is 3.03. The van der Waals surface area contributed by atoms with Crippen molar-refractivity contribution in [2.24, 2.45) is 11.8 Å². The molecule has 1 atom stereocenters. The first-order valence-corrected chi connectivity index (χ1v) is 5.89. The lowest BCUT2D eigenvalue weighted by atomic mass is 10.0. The number of rotatable bonds is 5. The topological polar surface area (TPSA) is 38.0 Å². The van der Waals surface area contributed by atoms with Gasteiger partial charge in [0.15, 0.2) is 0 Å². The summed E-state index contributed by atoms with van der Waals surface area (Å²) < 4.78 is 0. The van der Waals surface area contributed by atoms with E-state index in [-0.39, 0.29) is 6.04 Å². The monoisotopic (exact) mass is 224 g/mol. The first-order valence-electron chi connectivity index (χ1n) is 5.51. The minimum absolute atomic E-state index is 0.240. The second-order valence-corrected chi connectivity index (χ2v) is 4.73. The molecular formula is C12H17ClN2. The Morgan fingerprint density at radius 2 is 2.27 bits per heavy atom. The Bertz CT molecular complexity index is 323. The Balaban J connectivity index is 1.97. The molecular weight excluding hydrogens is 208 g/mol. The fourth-order valence-corrected chi connectivity index (χ4v) is 2.08. The molecule has 15 heavy (non-hydrogen) atoms. The van der Waals surface area contributed by atoms with Crippen LogP contribution in [0.25, 0.3) is 0 Å². The molecule has 1 aliphatic rings. The molecule has 0 bridgehead atoms. The quantitative estimate of drug-likeness (QED) is 0.596. The number of hydrazine groups is 1. The molecule has 0 saturated heterocycles. The highest BCUT2D eigenvalue weighted by atomic mass is 35.5. The van der Waals surface area contributed by atoms with Crippen LogP contribution >= 0.6 is 11.6 Å². The van der Waals surface area contributed by atoms with Crippen LogP contribution in [-0.2, 0) is 0 Å². The van der Waals surface area contributed by atoms with E-state index < -0.39 is 0 Å². The molecule has 0 amide bonds. The molecule has 0 spiro atoms. The normalized spacial score (nSPS) is 17.7. The maximum Gasteiger partial charge on any atom is 0.0460 e. The summed E-state index contributed by atoms with van der Waals surface area (Å²) in [5.41, 5.74) is 4.06. The van der Waals surface area contributed by atoms with E-state index in [1.807, 2.05) is 18.2 Å². The predicted molar refractivity (Wildman–Crippen MR) is 63.5 cm³/mol. The van der Waals surface area contributed by atoms with Crippen molar-refractivity contribution in [3.05, 3.63) is 34.9 Å². The van der Waals surface area contributed by atoms with E-state index in [1.54, 1.807) is 0 Å². The van der Waals surface area contributed by atoms with Crippen molar-refractivity contribution in [3.63, 3.8) is 0 Å². The Labute approximate surface area is 95.8 Å². The van der Waals surface area contributed by atoms with E-state index in [9.17, 15) is 0 Å². The van der Waals surface area contributed by atoms with Crippen LogP contribution in [0.4, 0.5) is 0 Å². The standard InChI is InChI=1S/C12H17ClN2/c13-11-3-1-2-10(8-11)12(15-14)7-6-9-4-5-9/h1-3,8-9,12,15H,4-7,14H2. The number of benzene rings is 1. The summed E-state index contributed by atoms with van der Waals surface area (Å²) in [6.07, 6.45) is 5.16. The molecule has 3 N–H and O–H groups in total. The van der Waals surface area contributed by atoms with Crippen LogP contribution in [-0.4, -0.2) is 0 Å². The smallest absolute Gasteiger partial charge is 0.0460 e. The summed E-state index contributed by atoms with van der Waals surface area (Å²) in [6.45, 7) is 0. The average Bonchev–Trinajstić information content (AvgIpc) is 3.03. The summed E-state index contributed by atoms with van der Waals surface area (Å²) >= 11 is 5.95. The second kappa shape index (κ2) is 4.97. The van der Waals surface area contributed by atoms with Gasteiger partial charge in [-0.05, 0) is 36.5 Å². The molecule has 0 heterocycles. The van der Waals surface area contributed by atoms with Crippen molar-refractivity contribution in [1.82, 2.24) is 5.43 Å². The van der Waals surface area contributed by atoms with Gasteiger partial charge >= 0.3 is 0 Å². The molecule has 3 heteroatoms. The van der Waals surface area contributed by atoms with Crippen LogP contribution in [0.5, 0.6) is 0 Å². The van der Waals surface area contributed by atoms with Crippen molar-refractivity contribution < 1.29 is 0 Å². The summed E-state index contributed by atoms with van der Waals surface area (Å²) in [7, 11) is 0. The highest BCUT2D eigenvalue weighted by molar-refractivity contribution is 6.30. The van der Waals surface area contributed by atoms with Gasteiger partial charge in [0.1, 0.15) is 0 Å². The molecule has 2 rings (SSSR count). The maximum atomic E-state index is 5.95. The third kappa shape index (κ3) is 3.20. The van der Waals surface area contributed by atoms with Crippen molar-refractivity contribution >= 4 is 11.6 Å². The number of nitrogens with two attached hydrogens (primary N) is 1. The summed E-state index contributed by atoms with van der Waals surface area (Å²) in [5.74, 6) is 6.51. The third-order valence-electron chi connectivity index (χ3n) is 3.01. The third-order valence-corrected chi connectivity index (χ3v) is 3.25. The van der Waals surface area contributed by atoms with Gasteiger partial charge in [-0.25, -0.2) is 0 Å². The number of hydrogen-bond acceptors (Lipinski definition) is 2. The Morgan fingerprint density at radius 1 is 1.47 bits per heavy atom. The molecule has 1 aromatic carbocycles. The van der Waals surface area contributed by atoms with Crippen molar-refractivity contribution in [2.45, 2.75) is 31.7 Å². The van der Waals surface area contributed by atoms with Crippen LogP contribution in [0.3, 0.4) is 0 Å². The van der Waals surface area contributed by atoms with Gasteiger partial charge < -0.3 is 0 Å². The van der Waals surface area contributed by atoms with Crippen LogP contribution < -0.4 is 11.3 Å². The van der Waals surface area contributed by atoms with Crippen molar-refractivity contribution in [1.29, 1.82) is 0 Å². The molecule has 1 aliphatic carbocycles. The maximum absolute atomic E-state index is 5.95. The van der Waals surface area contributed by atoms with Gasteiger partial charge in [-0.3, -0.25) is 11.3 Å². The molecule has 0 aromatic heterocycles. The first-order chi connectivity index (χ1) is 7.29. The van der Waals surface area contributed by atoms with Gasteiger partial charge in [0.25, 0.3) is 0 Å². The van der Waals surface area contributed by atoms with Gasteiger partial charge in [0.05, 0.1) is 0 Å². The highest BCUT2D eigenvalue weighted by Gasteiger charge is 2.22. The minimum atomic E-state index is 0.240. The lowest BCUT2D eigenvalue weighted by Gasteiger charge is -2.16. The fourth-order valence-electron chi connectivity index (χ4n) is 1.88. The lowest BCUT2D eigenvalue weighted by molar-refractivity contribution is 0.482. The van der Waals surface area contributed by atoms with E-state index >= 15 is 0 Å². The molecule has 2 nitrogen and oxygen atoms in total. The zero-order valence-corrected chi connectivity index (χ0v) is 9.50. The van der Waals surface area contributed by atoms with E-state index in [0.29, 0.717) is 0 Å². The summed E-state index contributed by atoms with van der Waals surface area (Å²) in [5, 5.41) is 0.777. The average molecular weight is 225 g/mol. The number of nitrogens with one attached hydrogen (secondary N) is 1. The van der Waals surface area contributed by atoms with Crippen LogP contribution in [0.2, 0.25) is 5.02 Å². The summed E-state index contributed by atoms with van der Waals surface area (Å²) in [4.78, 5) is 0. The summed E-state index contributed by atoms with van der Waals surface area (Å²) in [6, 6.07) is 8.16. The van der Waals surface area contributed by atoms with Gasteiger partial charge in [0.2, 0.25) is 0 Å². The van der Waals surface area contributed by atoms with E-state index in [0.717, 1.165) is 17.4 Å². The van der Waals surface area contributed by atoms with Crippen LogP contribution in [0.1, 0.15) is 37.3 Å². The Hall–Kier alpha value is -0.570. The largest absolute Gasteiger partial charge is 0.271 e. The van der Waals surface area contributed by atoms with Crippen molar-refractivity contribution in [3.8, 4) is 0 Å². The molecule has 1 fully saturated rings. The zero-order valence-electron chi connectivity index (χ0n) is 8.75. The SMILES string of the molecule is NNC(CCC1CC1)c1cccc(Cl)c1. The molecule has 1 saturated carbocycles.